The molecule has 0 spiro atoms. The topological polar surface area (TPSA) is 93.7 Å². The zero-order valence-electron chi connectivity index (χ0n) is 19.2. The van der Waals surface area contributed by atoms with Gasteiger partial charge in [-0.3, -0.25) is 24.6 Å². The van der Waals surface area contributed by atoms with E-state index in [0.29, 0.717) is 22.2 Å². The number of nitro groups is 1. The van der Waals surface area contributed by atoms with Crippen LogP contribution in [-0.2, 0) is 0 Å². The second kappa shape index (κ2) is 7.66. The minimum atomic E-state index is -0.771. The molecule has 1 atom stereocenters. The van der Waals surface area contributed by atoms with Crippen molar-refractivity contribution in [2.75, 3.05) is 4.90 Å². The largest absolute Gasteiger partial charge is 0.450 e. The lowest BCUT2D eigenvalue weighted by Gasteiger charge is -2.25. The zero-order chi connectivity index (χ0) is 24.3. The van der Waals surface area contributed by atoms with Crippen LogP contribution in [0.3, 0.4) is 0 Å². The number of anilines is 1. The Balaban J connectivity index is 1.80. The number of non-ortho nitro benzene ring substituents is 1. The number of amides is 1. The number of nitrogens with zero attached hydrogens (tertiary/aromatic N) is 2. The first-order valence-electron chi connectivity index (χ1n) is 10.9. The molecule has 0 fully saturated rings. The fourth-order valence-corrected chi connectivity index (χ4v) is 4.46. The van der Waals surface area contributed by atoms with Gasteiger partial charge in [-0.25, -0.2) is 0 Å². The van der Waals surface area contributed by atoms with Crippen molar-refractivity contribution in [3.8, 4) is 0 Å². The summed E-state index contributed by atoms with van der Waals surface area (Å²) in [5.74, 6) is -0.416. The molecule has 1 aromatic heterocycles. The highest BCUT2D eigenvalue weighted by molar-refractivity contribution is 6.10. The Bertz CT molecular complexity index is 1570. The fourth-order valence-electron chi connectivity index (χ4n) is 4.46. The van der Waals surface area contributed by atoms with Crippen LogP contribution in [0.25, 0.3) is 11.0 Å². The van der Waals surface area contributed by atoms with Crippen molar-refractivity contribution in [3.05, 3.63) is 114 Å². The highest BCUT2D eigenvalue weighted by Crippen LogP contribution is 2.42. The number of aryl methyl sites for hydroxylation is 4. The number of nitro benzene ring substituents is 1. The van der Waals surface area contributed by atoms with Gasteiger partial charge in [-0.05, 0) is 91.9 Å². The van der Waals surface area contributed by atoms with Crippen LogP contribution in [0.15, 0.2) is 63.8 Å². The Morgan fingerprint density at radius 1 is 0.853 bits per heavy atom. The fraction of sp³-hybridized carbons (Fsp3) is 0.185. The SMILES string of the molecule is Cc1ccc(N2C(=O)c3oc4cc(C)c(C)cc4c(=O)c3C2c2ccc([N+](=O)[O-])cc2)cc1C. The van der Waals surface area contributed by atoms with E-state index in [1.807, 2.05) is 45.9 Å². The van der Waals surface area contributed by atoms with Crippen LogP contribution in [0, 0.1) is 37.8 Å². The van der Waals surface area contributed by atoms with Crippen molar-refractivity contribution in [1.29, 1.82) is 0 Å². The average Bonchev–Trinajstić information content (AvgIpc) is 3.10. The molecule has 0 saturated heterocycles. The van der Waals surface area contributed by atoms with Gasteiger partial charge in [0.1, 0.15) is 5.58 Å². The minimum absolute atomic E-state index is 0.00216. The van der Waals surface area contributed by atoms with Crippen molar-refractivity contribution in [3.63, 3.8) is 0 Å². The summed E-state index contributed by atoms with van der Waals surface area (Å²) in [6.07, 6.45) is 0. The van der Waals surface area contributed by atoms with Gasteiger partial charge in [-0.1, -0.05) is 6.07 Å². The summed E-state index contributed by atoms with van der Waals surface area (Å²) in [5, 5.41) is 11.6. The molecule has 1 unspecified atom stereocenters. The van der Waals surface area contributed by atoms with E-state index in [2.05, 4.69) is 0 Å². The predicted molar refractivity (Wildman–Crippen MR) is 130 cm³/mol. The van der Waals surface area contributed by atoms with Gasteiger partial charge in [-0.2, -0.15) is 0 Å². The van der Waals surface area contributed by atoms with Gasteiger partial charge in [0.2, 0.25) is 5.76 Å². The number of benzene rings is 3. The van der Waals surface area contributed by atoms with E-state index in [0.717, 1.165) is 22.3 Å². The summed E-state index contributed by atoms with van der Waals surface area (Å²) in [6.45, 7) is 7.78. The quantitative estimate of drug-likeness (QED) is 0.293. The zero-order valence-corrected chi connectivity index (χ0v) is 19.2. The molecule has 0 aliphatic carbocycles. The number of hydrogen-bond acceptors (Lipinski definition) is 5. The maximum atomic E-state index is 13.7. The number of carbonyl (C=O) groups is 1. The van der Waals surface area contributed by atoms with Crippen molar-refractivity contribution in [1.82, 2.24) is 0 Å². The van der Waals surface area contributed by atoms with E-state index < -0.39 is 16.9 Å². The molecule has 34 heavy (non-hydrogen) atoms. The first kappa shape index (κ1) is 21.6. The summed E-state index contributed by atoms with van der Waals surface area (Å²) >= 11 is 0. The molecule has 0 radical (unpaired) electrons. The Morgan fingerprint density at radius 2 is 1.50 bits per heavy atom. The standard InChI is InChI=1S/C27H22N2O5/c1-14-5-8-20(11-15(14)2)28-24(18-6-9-19(10-7-18)29(32)33)23-25(30)21-12-16(3)17(4)13-22(21)34-26(23)27(28)31/h5-13,24H,1-4H3. The number of rotatable bonds is 3. The summed E-state index contributed by atoms with van der Waals surface area (Å²) in [5.41, 5.74) is 5.46. The maximum absolute atomic E-state index is 13.7. The van der Waals surface area contributed by atoms with Gasteiger partial charge in [0.25, 0.3) is 11.6 Å². The van der Waals surface area contributed by atoms with Crippen molar-refractivity contribution in [2.24, 2.45) is 0 Å². The van der Waals surface area contributed by atoms with Gasteiger partial charge < -0.3 is 4.42 Å². The van der Waals surface area contributed by atoms with E-state index in [9.17, 15) is 19.7 Å². The van der Waals surface area contributed by atoms with Crippen LogP contribution in [-0.4, -0.2) is 10.8 Å². The first-order chi connectivity index (χ1) is 16.2. The van der Waals surface area contributed by atoms with Gasteiger partial charge in [0.05, 0.1) is 21.9 Å². The minimum Gasteiger partial charge on any atom is -0.450 e. The summed E-state index contributed by atoms with van der Waals surface area (Å²) in [6, 6.07) is 14.4. The van der Waals surface area contributed by atoms with E-state index >= 15 is 0 Å². The number of carbonyl (C=O) groups excluding carboxylic acids is 1. The van der Waals surface area contributed by atoms with Crippen LogP contribution in [0.2, 0.25) is 0 Å². The van der Waals surface area contributed by atoms with Gasteiger partial charge >= 0.3 is 0 Å². The Kier molecular flexibility index (Phi) is 4.86. The lowest BCUT2D eigenvalue weighted by molar-refractivity contribution is -0.384. The molecule has 1 aliphatic rings. The molecule has 7 heteroatoms. The molecule has 3 aromatic carbocycles. The van der Waals surface area contributed by atoms with Crippen LogP contribution in [0.4, 0.5) is 11.4 Å². The van der Waals surface area contributed by atoms with Crippen molar-refractivity contribution in [2.45, 2.75) is 33.7 Å². The lowest BCUT2D eigenvalue weighted by Crippen LogP contribution is -2.29. The van der Waals surface area contributed by atoms with Crippen molar-refractivity contribution < 1.29 is 14.1 Å². The summed E-state index contributed by atoms with van der Waals surface area (Å²) in [4.78, 5) is 39.7. The highest BCUT2D eigenvalue weighted by atomic mass is 16.6. The smallest absolute Gasteiger partial charge is 0.295 e. The van der Waals surface area contributed by atoms with Gasteiger partial charge in [-0.15, -0.1) is 0 Å². The molecule has 170 valence electrons. The second-order valence-electron chi connectivity index (χ2n) is 8.80. The van der Waals surface area contributed by atoms with E-state index in [4.69, 9.17) is 4.42 Å². The van der Waals surface area contributed by atoms with Crippen molar-refractivity contribution >= 4 is 28.3 Å². The summed E-state index contributed by atoms with van der Waals surface area (Å²) in [7, 11) is 0. The molecular weight excluding hydrogens is 432 g/mol. The monoisotopic (exact) mass is 454 g/mol. The molecule has 2 heterocycles. The predicted octanol–water partition coefficient (Wildman–Crippen LogP) is 5.68. The Labute approximate surface area is 195 Å². The molecule has 0 saturated carbocycles. The third-order valence-electron chi connectivity index (χ3n) is 6.67. The third kappa shape index (κ3) is 3.20. The number of fused-ring (bicyclic) bond motifs is 2. The molecule has 0 bridgehead atoms. The van der Waals surface area contributed by atoms with Gasteiger partial charge in [0.15, 0.2) is 5.43 Å². The maximum Gasteiger partial charge on any atom is 0.295 e. The molecule has 4 aromatic rings. The van der Waals surface area contributed by atoms with E-state index in [1.165, 1.54) is 12.1 Å². The molecule has 0 N–H and O–H groups in total. The third-order valence-corrected chi connectivity index (χ3v) is 6.67. The first-order valence-corrected chi connectivity index (χ1v) is 10.9. The number of hydrogen-bond donors (Lipinski definition) is 0. The molecule has 1 amide bonds. The normalized spacial score (nSPS) is 15.1. The molecule has 5 rings (SSSR count). The molecular formula is C27H22N2O5. The average molecular weight is 454 g/mol. The molecule has 7 nitrogen and oxygen atoms in total. The van der Waals surface area contributed by atoms with Crippen LogP contribution in [0.5, 0.6) is 0 Å². The molecule has 1 aliphatic heterocycles. The van der Waals surface area contributed by atoms with Crippen LogP contribution in [0.1, 0.15) is 50.0 Å². The Hall–Kier alpha value is -4.26. The summed E-state index contributed by atoms with van der Waals surface area (Å²) < 4.78 is 6.05. The highest BCUT2D eigenvalue weighted by Gasteiger charge is 2.43. The Morgan fingerprint density at radius 3 is 2.15 bits per heavy atom. The van der Waals surface area contributed by atoms with Crippen LogP contribution < -0.4 is 10.3 Å². The second-order valence-corrected chi connectivity index (χ2v) is 8.80. The lowest BCUT2D eigenvalue weighted by atomic mass is 9.97. The van der Waals surface area contributed by atoms with Crippen LogP contribution >= 0.6 is 0 Å². The van der Waals surface area contributed by atoms with E-state index in [1.54, 1.807) is 29.2 Å². The van der Waals surface area contributed by atoms with Gasteiger partial charge in [0, 0.05) is 17.8 Å². The van der Waals surface area contributed by atoms with E-state index in [-0.39, 0.29) is 22.4 Å².